The van der Waals surface area contributed by atoms with Crippen molar-refractivity contribution >= 4 is 27.0 Å². The van der Waals surface area contributed by atoms with Crippen LogP contribution >= 0.6 is 0 Å². The SMILES string of the molecule is NS(=O)(=O)c1cc(CNC(=O)Cc2ccc3[nH]c(=O)[nH]c3c2)ccc1F. The molecule has 1 heterocycles. The quantitative estimate of drug-likeness (QED) is 0.514. The number of carbonyl (C=O) groups is 1. The van der Waals surface area contributed by atoms with E-state index in [2.05, 4.69) is 15.3 Å². The Balaban J connectivity index is 1.67. The smallest absolute Gasteiger partial charge is 0.323 e. The molecule has 0 aliphatic rings. The zero-order chi connectivity index (χ0) is 18.9. The molecular weight excluding hydrogens is 363 g/mol. The number of rotatable bonds is 5. The largest absolute Gasteiger partial charge is 0.352 e. The van der Waals surface area contributed by atoms with Gasteiger partial charge in [-0.15, -0.1) is 0 Å². The molecule has 0 unspecified atom stereocenters. The van der Waals surface area contributed by atoms with Gasteiger partial charge in [0.25, 0.3) is 0 Å². The molecule has 0 fully saturated rings. The number of carbonyl (C=O) groups excluding carboxylic acids is 1. The maximum atomic E-state index is 13.5. The Morgan fingerprint density at radius 2 is 1.77 bits per heavy atom. The second kappa shape index (κ2) is 6.73. The van der Waals surface area contributed by atoms with Crippen LogP contribution in [-0.2, 0) is 27.8 Å². The van der Waals surface area contributed by atoms with Crippen molar-refractivity contribution < 1.29 is 17.6 Å². The van der Waals surface area contributed by atoms with E-state index in [9.17, 15) is 22.4 Å². The van der Waals surface area contributed by atoms with Gasteiger partial charge in [-0.2, -0.15) is 0 Å². The summed E-state index contributed by atoms with van der Waals surface area (Å²) in [4.78, 5) is 27.9. The number of hydrogen-bond donors (Lipinski definition) is 4. The number of hydrogen-bond acceptors (Lipinski definition) is 4. The number of aromatic nitrogens is 2. The molecule has 10 heteroatoms. The predicted molar refractivity (Wildman–Crippen MR) is 92.2 cm³/mol. The predicted octanol–water partition coefficient (Wildman–Crippen LogP) is 0.502. The van der Waals surface area contributed by atoms with Gasteiger partial charge in [0.15, 0.2) is 0 Å². The molecule has 5 N–H and O–H groups in total. The Labute approximate surface area is 147 Å². The van der Waals surface area contributed by atoms with Crippen LogP contribution in [-0.4, -0.2) is 24.3 Å². The maximum Gasteiger partial charge on any atom is 0.323 e. The van der Waals surface area contributed by atoms with Gasteiger partial charge in [0.2, 0.25) is 15.9 Å². The minimum absolute atomic E-state index is 0.0187. The zero-order valence-electron chi connectivity index (χ0n) is 13.4. The molecule has 0 radical (unpaired) electrons. The van der Waals surface area contributed by atoms with Gasteiger partial charge < -0.3 is 15.3 Å². The number of sulfonamides is 1. The van der Waals surface area contributed by atoms with E-state index >= 15 is 0 Å². The first-order valence-corrected chi connectivity index (χ1v) is 9.06. The van der Waals surface area contributed by atoms with Crippen LogP contribution in [0, 0.1) is 5.82 Å². The molecule has 3 aromatic rings. The normalized spacial score (nSPS) is 11.6. The third-order valence-electron chi connectivity index (χ3n) is 3.74. The van der Waals surface area contributed by atoms with Crippen molar-refractivity contribution in [2.75, 3.05) is 0 Å². The second-order valence-corrected chi connectivity index (χ2v) is 7.25. The molecule has 0 aliphatic carbocycles. The van der Waals surface area contributed by atoms with Crippen LogP contribution < -0.4 is 16.1 Å². The van der Waals surface area contributed by atoms with Gasteiger partial charge >= 0.3 is 5.69 Å². The average molecular weight is 378 g/mol. The van der Waals surface area contributed by atoms with Gasteiger partial charge in [-0.25, -0.2) is 22.7 Å². The Bertz CT molecular complexity index is 1150. The van der Waals surface area contributed by atoms with Crippen molar-refractivity contribution in [1.82, 2.24) is 15.3 Å². The van der Waals surface area contributed by atoms with Crippen LogP contribution in [0.4, 0.5) is 4.39 Å². The van der Waals surface area contributed by atoms with Crippen molar-refractivity contribution in [3.63, 3.8) is 0 Å². The van der Waals surface area contributed by atoms with Gasteiger partial charge in [-0.05, 0) is 35.4 Å². The number of benzene rings is 2. The summed E-state index contributed by atoms with van der Waals surface area (Å²) in [6, 6.07) is 8.51. The number of nitrogens with one attached hydrogen (secondary N) is 3. The first-order chi connectivity index (χ1) is 12.2. The molecule has 8 nitrogen and oxygen atoms in total. The lowest BCUT2D eigenvalue weighted by Crippen LogP contribution is -2.25. The molecule has 3 rings (SSSR count). The highest BCUT2D eigenvalue weighted by molar-refractivity contribution is 7.89. The molecule has 0 saturated heterocycles. The Kier molecular flexibility index (Phi) is 4.62. The Morgan fingerprint density at radius 1 is 1.08 bits per heavy atom. The summed E-state index contributed by atoms with van der Waals surface area (Å²) in [5, 5.41) is 7.57. The number of H-pyrrole nitrogens is 2. The summed E-state index contributed by atoms with van der Waals surface area (Å²) in [5.74, 6) is -1.26. The molecule has 0 aliphatic heterocycles. The highest BCUT2D eigenvalue weighted by atomic mass is 32.2. The molecule has 1 aromatic heterocycles. The Hall–Kier alpha value is -2.98. The number of fused-ring (bicyclic) bond motifs is 1. The number of halogens is 1. The van der Waals surface area contributed by atoms with Crippen molar-refractivity contribution in [2.45, 2.75) is 17.9 Å². The van der Waals surface area contributed by atoms with Crippen molar-refractivity contribution in [3.8, 4) is 0 Å². The summed E-state index contributed by atoms with van der Waals surface area (Å²) in [6.07, 6.45) is 0.0619. The summed E-state index contributed by atoms with van der Waals surface area (Å²) in [6.45, 7) is 0.0187. The van der Waals surface area contributed by atoms with Crippen LogP contribution in [0.2, 0.25) is 0 Å². The summed E-state index contributed by atoms with van der Waals surface area (Å²) in [5.41, 5.74) is 1.99. The van der Waals surface area contributed by atoms with Crippen LogP contribution in [0.5, 0.6) is 0 Å². The van der Waals surface area contributed by atoms with E-state index in [-0.39, 0.29) is 24.6 Å². The van der Waals surface area contributed by atoms with Crippen LogP contribution in [0.15, 0.2) is 46.1 Å². The topological polar surface area (TPSA) is 138 Å². The number of nitrogens with two attached hydrogens (primary N) is 1. The van der Waals surface area contributed by atoms with Crippen LogP contribution in [0.1, 0.15) is 11.1 Å². The van der Waals surface area contributed by atoms with Crippen LogP contribution in [0.3, 0.4) is 0 Å². The lowest BCUT2D eigenvalue weighted by atomic mass is 10.1. The van der Waals surface area contributed by atoms with E-state index in [1.807, 2.05) is 0 Å². The van der Waals surface area contributed by atoms with Gasteiger partial charge in [0.05, 0.1) is 17.5 Å². The number of aromatic amines is 2. The molecular formula is C16H15FN4O4S. The summed E-state index contributed by atoms with van der Waals surface area (Å²) < 4.78 is 36.1. The number of amides is 1. The molecule has 0 saturated carbocycles. The fourth-order valence-electron chi connectivity index (χ4n) is 2.51. The molecule has 2 aromatic carbocycles. The third kappa shape index (κ3) is 3.98. The van der Waals surface area contributed by atoms with E-state index in [4.69, 9.17) is 5.14 Å². The molecule has 0 spiro atoms. The van der Waals surface area contributed by atoms with Crippen molar-refractivity contribution in [3.05, 3.63) is 63.8 Å². The van der Waals surface area contributed by atoms with E-state index < -0.39 is 20.7 Å². The monoisotopic (exact) mass is 378 g/mol. The average Bonchev–Trinajstić information content (AvgIpc) is 2.92. The van der Waals surface area contributed by atoms with Crippen LogP contribution in [0.25, 0.3) is 11.0 Å². The minimum atomic E-state index is -4.18. The first kappa shape index (κ1) is 17.8. The molecule has 26 heavy (non-hydrogen) atoms. The van der Waals surface area contributed by atoms with E-state index in [0.29, 0.717) is 22.2 Å². The molecule has 1 amide bonds. The van der Waals surface area contributed by atoms with Gasteiger partial charge in [0.1, 0.15) is 10.7 Å². The maximum absolute atomic E-state index is 13.5. The van der Waals surface area contributed by atoms with Gasteiger partial charge in [-0.1, -0.05) is 12.1 Å². The fourth-order valence-corrected chi connectivity index (χ4v) is 3.17. The summed E-state index contributed by atoms with van der Waals surface area (Å²) in [7, 11) is -4.18. The highest BCUT2D eigenvalue weighted by Gasteiger charge is 2.15. The second-order valence-electron chi connectivity index (χ2n) is 5.72. The first-order valence-electron chi connectivity index (χ1n) is 7.51. The highest BCUT2D eigenvalue weighted by Crippen LogP contribution is 2.15. The fraction of sp³-hybridized carbons (Fsp3) is 0.125. The van der Waals surface area contributed by atoms with Gasteiger partial charge in [0, 0.05) is 6.54 Å². The standard InChI is InChI=1S/C16H15FN4O4S/c17-11-3-1-10(6-14(11)26(18,24)25)8-19-15(22)7-9-2-4-12-13(5-9)21-16(23)20-12/h1-6H,7-8H2,(H,19,22)(H2,18,24,25)(H2,20,21,23). The molecule has 136 valence electrons. The van der Waals surface area contributed by atoms with Crippen molar-refractivity contribution in [2.24, 2.45) is 5.14 Å². The van der Waals surface area contributed by atoms with Crippen molar-refractivity contribution in [1.29, 1.82) is 0 Å². The van der Waals surface area contributed by atoms with Gasteiger partial charge in [-0.3, -0.25) is 4.79 Å². The Morgan fingerprint density at radius 3 is 2.50 bits per heavy atom. The zero-order valence-corrected chi connectivity index (χ0v) is 14.2. The molecule has 0 atom stereocenters. The van der Waals surface area contributed by atoms with E-state index in [1.165, 1.54) is 6.07 Å². The molecule has 0 bridgehead atoms. The lowest BCUT2D eigenvalue weighted by molar-refractivity contribution is -0.120. The lowest BCUT2D eigenvalue weighted by Gasteiger charge is -2.08. The third-order valence-corrected chi connectivity index (χ3v) is 4.66. The number of primary sulfonamides is 1. The number of imidazole rings is 1. The summed E-state index contributed by atoms with van der Waals surface area (Å²) >= 11 is 0. The van der Waals surface area contributed by atoms with E-state index in [1.54, 1.807) is 18.2 Å². The van der Waals surface area contributed by atoms with E-state index in [0.717, 1.165) is 12.1 Å². The minimum Gasteiger partial charge on any atom is -0.352 e.